The van der Waals surface area contributed by atoms with E-state index in [-0.39, 0.29) is 11.8 Å². The number of hydrogen-bond acceptors (Lipinski definition) is 3. The third kappa shape index (κ3) is 1.09. The number of carbonyl (C=O) groups is 2. The summed E-state index contributed by atoms with van der Waals surface area (Å²) >= 11 is 0. The Morgan fingerprint density at radius 1 is 1.27 bits per heavy atom. The molecule has 5 heteroatoms. The molecule has 1 unspecified atom stereocenters. The smallest absolute Gasteiger partial charge is 0.325 e. The summed E-state index contributed by atoms with van der Waals surface area (Å²) < 4.78 is 0. The second-order valence-corrected chi connectivity index (χ2v) is 3.65. The van der Waals surface area contributed by atoms with Crippen molar-refractivity contribution >= 4 is 11.9 Å². The Balaban J connectivity index is 2.06. The predicted molar refractivity (Wildman–Crippen MR) is 52.2 cm³/mol. The van der Waals surface area contributed by atoms with Crippen molar-refractivity contribution in [3.05, 3.63) is 35.8 Å². The Hall–Kier alpha value is -2.04. The Kier molecular flexibility index (Phi) is 1.50. The fourth-order valence-electron chi connectivity index (χ4n) is 2.06. The number of nitrogens with one attached hydrogen (secondary N) is 2. The molecule has 5 nitrogen and oxygen atoms in total. The Morgan fingerprint density at radius 2 is 2.13 bits per heavy atom. The number of hydrogen-bond donors (Lipinski definition) is 2. The number of carbonyl (C=O) groups excluding carboxylic acids is 2. The van der Waals surface area contributed by atoms with Crippen molar-refractivity contribution in [2.24, 2.45) is 5.92 Å². The van der Waals surface area contributed by atoms with Gasteiger partial charge in [-0.1, -0.05) is 6.08 Å². The highest BCUT2D eigenvalue weighted by molar-refractivity contribution is 6.01. The highest BCUT2D eigenvalue weighted by atomic mass is 16.2. The van der Waals surface area contributed by atoms with E-state index in [4.69, 9.17) is 0 Å². The molecule has 0 spiro atoms. The molecule has 76 valence electrons. The molecule has 15 heavy (non-hydrogen) atoms. The zero-order chi connectivity index (χ0) is 10.4. The van der Waals surface area contributed by atoms with Crippen molar-refractivity contribution in [1.82, 2.24) is 15.5 Å². The maximum atomic E-state index is 11.5. The third-order valence-corrected chi connectivity index (χ3v) is 2.75. The summed E-state index contributed by atoms with van der Waals surface area (Å²) in [5, 5.41) is 4.95. The van der Waals surface area contributed by atoms with Crippen LogP contribution < -0.4 is 10.6 Å². The highest BCUT2D eigenvalue weighted by Gasteiger charge is 2.39. The summed E-state index contributed by atoms with van der Waals surface area (Å²) in [6, 6.07) is -0.441. The molecule has 1 fully saturated rings. The lowest BCUT2D eigenvalue weighted by atomic mass is 10.0. The van der Waals surface area contributed by atoms with Gasteiger partial charge in [-0.3, -0.25) is 10.1 Å². The molecule has 0 aromatic rings. The second-order valence-electron chi connectivity index (χ2n) is 3.65. The molecular formula is C10H9N3O2. The van der Waals surface area contributed by atoms with E-state index in [2.05, 4.69) is 10.6 Å². The highest BCUT2D eigenvalue weighted by Crippen LogP contribution is 2.31. The van der Waals surface area contributed by atoms with Gasteiger partial charge < -0.3 is 10.2 Å². The van der Waals surface area contributed by atoms with Crippen LogP contribution in [0.15, 0.2) is 35.8 Å². The lowest BCUT2D eigenvalue weighted by Gasteiger charge is -2.20. The molecule has 3 aliphatic heterocycles. The van der Waals surface area contributed by atoms with E-state index in [1.54, 1.807) is 0 Å². The van der Waals surface area contributed by atoms with Crippen LogP contribution >= 0.6 is 0 Å². The number of fused-ring (bicyclic) bond motifs is 2. The van der Waals surface area contributed by atoms with Crippen LogP contribution in [0.25, 0.3) is 0 Å². The molecule has 0 aliphatic carbocycles. The fraction of sp³-hybridized carbons (Fsp3) is 0.200. The van der Waals surface area contributed by atoms with Crippen LogP contribution in [-0.4, -0.2) is 23.4 Å². The largest absolute Gasteiger partial charge is 0.345 e. The molecule has 3 amide bonds. The standard InChI is InChI=1S/C10H9N3O2/c14-9-6-5-13-4-2-1-3-7(13)8(6)11-10(15)12-9/h1-4,6H,5H2,(H2,11,12,14,15). The second kappa shape index (κ2) is 2.73. The minimum atomic E-state index is -0.441. The molecule has 3 heterocycles. The van der Waals surface area contributed by atoms with Crippen molar-refractivity contribution in [3.8, 4) is 0 Å². The van der Waals surface area contributed by atoms with Gasteiger partial charge >= 0.3 is 6.03 Å². The Bertz CT molecular complexity index is 448. The van der Waals surface area contributed by atoms with E-state index < -0.39 is 6.03 Å². The molecule has 1 atom stereocenters. The fourth-order valence-corrected chi connectivity index (χ4v) is 2.06. The number of allylic oxidation sites excluding steroid dienone is 3. The number of nitrogens with zero attached hydrogens (tertiary/aromatic N) is 1. The van der Waals surface area contributed by atoms with Crippen molar-refractivity contribution in [3.63, 3.8) is 0 Å². The molecule has 0 bridgehead atoms. The molecule has 0 saturated carbocycles. The number of amides is 3. The lowest BCUT2D eigenvalue weighted by molar-refractivity contribution is -0.123. The van der Waals surface area contributed by atoms with Gasteiger partial charge in [0.05, 0.1) is 17.3 Å². The van der Waals surface area contributed by atoms with Gasteiger partial charge in [0.1, 0.15) is 0 Å². The van der Waals surface area contributed by atoms with Crippen LogP contribution in [0.5, 0.6) is 0 Å². The monoisotopic (exact) mass is 203 g/mol. The van der Waals surface area contributed by atoms with E-state index in [1.807, 2.05) is 29.3 Å². The summed E-state index contributed by atoms with van der Waals surface area (Å²) in [5.74, 6) is -0.484. The van der Waals surface area contributed by atoms with Gasteiger partial charge in [0, 0.05) is 12.7 Å². The van der Waals surface area contributed by atoms with E-state index in [9.17, 15) is 9.59 Å². The first-order valence-corrected chi connectivity index (χ1v) is 4.73. The zero-order valence-corrected chi connectivity index (χ0v) is 7.86. The normalized spacial score (nSPS) is 27.5. The minimum Gasteiger partial charge on any atom is -0.345 e. The first-order valence-electron chi connectivity index (χ1n) is 4.73. The van der Waals surface area contributed by atoms with E-state index in [0.29, 0.717) is 12.2 Å². The number of imide groups is 1. The molecule has 3 rings (SSSR count). The summed E-state index contributed by atoms with van der Waals surface area (Å²) in [6.07, 6.45) is 7.59. The molecular weight excluding hydrogens is 194 g/mol. The van der Waals surface area contributed by atoms with Gasteiger partial charge in [-0.15, -0.1) is 0 Å². The van der Waals surface area contributed by atoms with Gasteiger partial charge in [0.25, 0.3) is 0 Å². The van der Waals surface area contributed by atoms with E-state index in [1.165, 1.54) is 0 Å². The van der Waals surface area contributed by atoms with Crippen LogP contribution in [0.2, 0.25) is 0 Å². The van der Waals surface area contributed by atoms with Gasteiger partial charge in [-0.25, -0.2) is 4.79 Å². The Labute approximate surface area is 86.1 Å². The summed E-state index contributed by atoms with van der Waals surface area (Å²) in [5.41, 5.74) is 1.62. The maximum Gasteiger partial charge on any atom is 0.325 e. The molecule has 3 aliphatic rings. The van der Waals surface area contributed by atoms with E-state index in [0.717, 1.165) is 5.70 Å². The van der Waals surface area contributed by atoms with E-state index >= 15 is 0 Å². The third-order valence-electron chi connectivity index (χ3n) is 2.75. The minimum absolute atomic E-state index is 0.225. The van der Waals surface area contributed by atoms with Crippen LogP contribution in [-0.2, 0) is 4.79 Å². The molecule has 2 N–H and O–H groups in total. The first-order chi connectivity index (χ1) is 7.25. The average molecular weight is 203 g/mol. The first kappa shape index (κ1) is 8.28. The van der Waals surface area contributed by atoms with Gasteiger partial charge in [-0.2, -0.15) is 0 Å². The summed E-state index contributed by atoms with van der Waals surface area (Å²) in [7, 11) is 0. The molecule has 1 saturated heterocycles. The number of urea groups is 1. The van der Waals surface area contributed by atoms with Crippen molar-refractivity contribution in [1.29, 1.82) is 0 Å². The van der Waals surface area contributed by atoms with Crippen LogP contribution in [0.1, 0.15) is 0 Å². The SMILES string of the molecule is O=C1NC(=O)C2CN3C=CC=CC3=C2N1. The summed E-state index contributed by atoms with van der Waals surface area (Å²) in [6.45, 7) is 0.595. The van der Waals surface area contributed by atoms with Gasteiger partial charge in [0.2, 0.25) is 5.91 Å². The lowest BCUT2D eigenvalue weighted by Crippen LogP contribution is -2.50. The maximum absolute atomic E-state index is 11.5. The summed E-state index contributed by atoms with van der Waals surface area (Å²) in [4.78, 5) is 24.7. The van der Waals surface area contributed by atoms with Crippen LogP contribution in [0.3, 0.4) is 0 Å². The predicted octanol–water partition coefficient (Wildman–Crippen LogP) is 0.0527. The van der Waals surface area contributed by atoms with Crippen LogP contribution in [0.4, 0.5) is 4.79 Å². The van der Waals surface area contributed by atoms with Gasteiger partial charge in [0.15, 0.2) is 0 Å². The van der Waals surface area contributed by atoms with Crippen molar-refractivity contribution in [2.75, 3.05) is 6.54 Å². The topological polar surface area (TPSA) is 61.4 Å². The van der Waals surface area contributed by atoms with Crippen molar-refractivity contribution < 1.29 is 9.59 Å². The van der Waals surface area contributed by atoms with Crippen LogP contribution in [0, 0.1) is 5.92 Å². The molecule has 0 aromatic heterocycles. The molecule has 0 radical (unpaired) electrons. The average Bonchev–Trinajstić information content (AvgIpc) is 2.57. The van der Waals surface area contributed by atoms with Gasteiger partial charge in [-0.05, 0) is 12.2 Å². The Morgan fingerprint density at radius 3 is 3.00 bits per heavy atom. The molecule has 0 aromatic carbocycles. The van der Waals surface area contributed by atoms with Crippen molar-refractivity contribution in [2.45, 2.75) is 0 Å². The number of rotatable bonds is 0. The quantitative estimate of drug-likeness (QED) is 0.585. The zero-order valence-electron chi connectivity index (χ0n) is 7.86.